The summed E-state index contributed by atoms with van der Waals surface area (Å²) in [4.78, 5) is 11.7. The lowest BCUT2D eigenvalue weighted by molar-refractivity contribution is 0.0511. The van der Waals surface area contributed by atoms with Gasteiger partial charge in [0.25, 0.3) is 0 Å². The van der Waals surface area contributed by atoms with Crippen molar-refractivity contribution in [3.05, 3.63) is 48.0 Å². The van der Waals surface area contributed by atoms with E-state index >= 15 is 0 Å². The molecule has 0 spiro atoms. The van der Waals surface area contributed by atoms with Gasteiger partial charge >= 0.3 is 5.97 Å². The molecule has 0 saturated carbocycles. The quantitative estimate of drug-likeness (QED) is 0.606. The van der Waals surface area contributed by atoms with Gasteiger partial charge in [-0.05, 0) is 35.4 Å². The molecule has 2 rings (SSSR count). The van der Waals surface area contributed by atoms with Crippen LogP contribution in [-0.2, 0) is 9.47 Å². The van der Waals surface area contributed by atoms with Gasteiger partial charge in [0.2, 0.25) is 0 Å². The maximum Gasteiger partial charge on any atom is 0.341 e. The van der Waals surface area contributed by atoms with Crippen LogP contribution in [0.5, 0.6) is 11.5 Å². The highest BCUT2D eigenvalue weighted by atomic mass is 16.7. The predicted molar refractivity (Wildman–Crippen MR) is 82.3 cm³/mol. The monoisotopic (exact) mass is 302 g/mol. The first kappa shape index (κ1) is 15.9. The van der Waals surface area contributed by atoms with Gasteiger partial charge in [-0.25, -0.2) is 4.79 Å². The molecule has 0 aliphatic heterocycles. The fraction of sp³-hybridized carbons (Fsp3) is 0.235. The number of hydrogen-bond donors (Lipinski definition) is 0. The minimum Gasteiger partial charge on any atom is -0.496 e. The van der Waals surface area contributed by atoms with Crippen molar-refractivity contribution in [1.29, 1.82) is 0 Å². The van der Waals surface area contributed by atoms with Crippen LogP contribution in [-0.4, -0.2) is 34.1 Å². The summed E-state index contributed by atoms with van der Waals surface area (Å²) in [6.45, 7) is 0.209. The molecule has 2 aromatic rings. The van der Waals surface area contributed by atoms with Gasteiger partial charge in [-0.15, -0.1) is 0 Å². The minimum atomic E-state index is -0.424. The van der Waals surface area contributed by atoms with Crippen LogP contribution < -0.4 is 9.47 Å². The summed E-state index contributed by atoms with van der Waals surface area (Å²) in [5.74, 6) is 0.777. The zero-order valence-corrected chi connectivity index (χ0v) is 12.8. The zero-order valence-electron chi connectivity index (χ0n) is 12.8. The van der Waals surface area contributed by atoms with Crippen LogP contribution in [0.1, 0.15) is 10.4 Å². The van der Waals surface area contributed by atoms with E-state index in [2.05, 4.69) is 0 Å². The molecule has 0 saturated heterocycles. The number of ether oxygens (including phenoxy) is 4. The van der Waals surface area contributed by atoms with Crippen LogP contribution in [0.25, 0.3) is 11.1 Å². The van der Waals surface area contributed by atoms with Crippen molar-refractivity contribution >= 4 is 5.97 Å². The Labute approximate surface area is 129 Å². The summed E-state index contributed by atoms with van der Waals surface area (Å²) in [7, 11) is 4.44. The molecule has 22 heavy (non-hydrogen) atoms. The lowest BCUT2D eigenvalue weighted by Gasteiger charge is -2.10. The third kappa shape index (κ3) is 3.56. The maximum absolute atomic E-state index is 11.7. The van der Waals surface area contributed by atoms with Crippen LogP contribution in [0.3, 0.4) is 0 Å². The lowest BCUT2D eigenvalue weighted by atomic mass is 10.0. The second kappa shape index (κ2) is 7.47. The largest absolute Gasteiger partial charge is 0.496 e. The van der Waals surface area contributed by atoms with Crippen LogP contribution in [0.2, 0.25) is 0 Å². The van der Waals surface area contributed by atoms with E-state index in [0.717, 1.165) is 16.9 Å². The Balaban J connectivity index is 2.27. The highest BCUT2D eigenvalue weighted by Gasteiger charge is 2.13. The molecule has 5 nitrogen and oxygen atoms in total. The number of benzene rings is 2. The fourth-order valence-corrected chi connectivity index (χ4v) is 2.02. The molecule has 0 aliphatic rings. The molecule has 0 unspecified atom stereocenters. The standard InChI is InChI=1S/C17H18O5/c1-19-11-22-14-7-4-12(5-8-14)13-6-9-15(17(18)21-3)16(10-13)20-2/h4-10H,11H2,1-3H3. The smallest absolute Gasteiger partial charge is 0.341 e. The first-order valence-electron chi connectivity index (χ1n) is 6.68. The van der Waals surface area contributed by atoms with Gasteiger partial charge in [0.15, 0.2) is 6.79 Å². The summed E-state index contributed by atoms with van der Waals surface area (Å²) < 4.78 is 20.2. The van der Waals surface area contributed by atoms with Crippen LogP contribution in [0, 0.1) is 0 Å². The normalized spacial score (nSPS) is 10.1. The number of esters is 1. The molecule has 5 heteroatoms. The highest BCUT2D eigenvalue weighted by Crippen LogP contribution is 2.29. The number of carbonyl (C=O) groups excluding carboxylic acids is 1. The second-order valence-electron chi connectivity index (χ2n) is 4.48. The SMILES string of the molecule is COCOc1ccc(-c2ccc(C(=O)OC)c(OC)c2)cc1. The molecular formula is C17H18O5. The van der Waals surface area contributed by atoms with E-state index in [1.165, 1.54) is 14.2 Å². The van der Waals surface area contributed by atoms with Gasteiger partial charge in [0.05, 0.1) is 14.2 Å². The van der Waals surface area contributed by atoms with E-state index in [1.54, 1.807) is 19.2 Å². The second-order valence-corrected chi connectivity index (χ2v) is 4.48. The number of hydrogen-bond acceptors (Lipinski definition) is 5. The van der Waals surface area contributed by atoms with Gasteiger partial charge in [-0.3, -0.25) is 0 Å². The summed E-state index contributed by atoms with van der Waals surface area (Å²) in [5.41, 5.74) is 2.32. The maximum atomic E-state index is 11.7. The first-order chi connectivity index (χ1) is 10.7. The predicted octanol–water partition coefficient (Wildman–Crippen LogP) is 3.13. The Kier molecular flexibility index (Phi) is 5.38. The van der Waals surface area contributed by atoms with E-state index in [1.807, 2.05) is 30.3 Å². The molecule has 0 bridgehead atoms. The van der Waals surface area contributed by atoms with Gasteiger partial charge in [-0.1, -0.05) is 18.2 Å². The summed E-state index contributed by atoms with van der Waals surface area (Å²) >= 11 is 0. The van der Waals surface area contributed by atoms with Crippen molar-refractivity contribution in [2.45, 2.75) is 0 Å². The van der Waals surface area contributed by atoms with Crippen molar-refractivity contribution < 1.29 is 23.7 Å². The first-order valence-corrected chi connectivity index (χ1v) is 6.68. The van der Waals surface area contributed by atoms with Gasteiger partial charge in [0.1, 0.15) is 17.1 Å². The van der Waals surface area contributed by atoms with Crippen LogP contribution in [0.4, 0.5) is 0 Å². The van der Waals surface area contributed by atoms with E-state index in [0.29, 0.717) is 11.3 Å². The molecule has 0 N–H and O–H groups in total. The molecule has 0 amide bonds. The van der Waals surface area contributed by atoms with Crippen LogP contribution >= 0.6 is 0 Å². The van der Waals surface area contributed by atoms with Crippen molar-refractivity contribution in [2.75, 3.05) is 28.1 Å². The van der Waals surface area contributed by atoms with Crippen LogP contribution in [0.15, 0.2) is 42.5 Å². The highest BCUT2D eigenvalue weighted by molar-refractivity contribution is 5.93. The van der Waals surface area contributed by atoms with Crippen molar-refractivity contribution in [2.24, 2.45) is 0 Å². The van der Waals surface area contributed by atoms with E-state index < -0.39 is 5.97 Å². The summed E-state index contributed by atoms with van der Waals surface area (Å²) in [6, 6.07) is 12.9. The number of methoxy groups -OCH3 is 3. The molecule has 2 aromatic carbocycles. The Morgan fingerprint density at radius 1 is 0.955 bits per heavy atom. The topological polar surface area (TPSA) is 54.0 Å². The van der Waals surface area contributed by atoms with E-state index in [4.69, 9.17) is 18.9 Å². The van der Waals surface area contributed by atoms with Crippen molar-refractivity contribution in [3.8, 4) is 22.6 Å². The molecule has 0 aromatic heterocycles. The van der Waals surface area contributed by atoms with Crippen molar-refractivity contribution in [3.63, 3.8) is 0 Å². The van der Waals surface area contributed by atoms with E-state index in [9.17, 15) is 4.79 Å². The summed E-state index contributed by atoms with van der Waals surface area (Å²) in [5, 5.41) is 0. The van der Waals surface area contributed by atoms with Crippen molar-refractivity contribution in [1.82, 2.24) is 0 Å². The van der Waals surface area contributed by atoms with Gasteiger partial charge in [-0.2, -0.15) is 0 Å². The number of carbonyl (C=O) groups is 1. The third-order valence-electron chi connectivity index (χ3n) is 3.14. The molecule has 116 valence electrons. The molecule has 0 radical (unpaired) electrons. The Morgan fingerprint density at radius 3 is 2.23 bits per heavy atom. The fourth-order valence-electron chi connectivity index (χ4n) is 2.02. The summed E-state index contributed by atoms with van der Waals surface area (Å²) in [6.07, 6.45) is 0. The third-order valence-corrected chi connectivity index (χ3v) is 3.14. The lowest BCUT2D eigenvalue weighted by Crippen LogP contribution is -2.04. The van der Waals surface area contributed by atoms with E-state index in [-0.39, 0.29) is 6.79 Å². The minimum absolute atomic E-state index is 0.209. The molecule has 0 aliphatic carbocycles. The van der Waals surface area contributed by atoms with Gasteiger partial charge < -0.3 is 18.9 Å². The molecule has 0 atom stereocenters. The molecule has 0 fully saturated rings. The number of rotatable bonds is 6. The molecular weight excluding hydrogens is 284 g/mol. The average molecular weight is 302 g/mol. The Bertz CT molecular complexity index is 634. The van der Waals surface area contributed by atoms with Gasteiger partial charge in [0, 0.05) is 7.11 Å². The Hall–Kier alpha value is -2.53. The average Bonchev–Trinajstić information content (AvgIpc) is 2.59. The molecule has 0 heterocycles. The Morgan fingerprint density at radius 2 is 1.64 bits per heavy atom. The zero-order chi connectivity index (χ0) is 15.9.